The van der Waals surface area contributed by atoms with Crippen LogP contribution in [0.4, 0.5) is 0 Å². The average Bonchev–Trinajstić information content (AvgIpc) is 3.38. The zero-order chi connectivity index (χ0) is 43.0. The maximum atomic E-state index is 3.89. The van der Waals surface area contributed by atoms with Gasteiger partial charge in [0.15, 0.2) is 0 Å². The summed E-state index contributed by atoms with van der Waals surface area (Å²) in [5.74, 6) is 0. The highest BCUT2D eigenvalue weighted by molar-refractivity contribution is 9.10. The van der Waals surface area contributed by atoms with Gasteiger partial charge in [-0.2, -0.15) is 0 Å². The molecule has 0 unspecified atom stereocenters. The minimum absolute atomic E-state index is 1.16. The van der Waals surface area contributed by atoms with Gasteiger partial charge in [-0.25, -0.2) is 0 Å². The lowest BCUT2D eigenvalue weighted by Gasteiger charge is -2.16. The summed E-state index contributed by atoms with van der Waals surface area (Å²) >= 11 is 3.89. The molecule has 0 saturated heterocycles. The van der Waals surface area contributed by atoms with Gasteiger partial charge in [-0.3, -0.25) is 0 Å². The van der Waals surface area contributed by atoms with Crippen LogP contribution in [0.25, 0.3) is 130 Å². The second kappa shape index (κ2) is 15.2. The average molecular weight is 888 g/mol. The molecular formula is C64H39Br. The molecule has 0 heterocycles. The summed E-state index contributed by atoms with van der Waals surface area (Å²) in [7, 11) is 0. The van der Waals surface area contributed by atoms with Crippen LogP contribution >= 0.6 is 15.9 Å². The molecule has 302 valence electrons. The van der Waals surface area contributed by atoms with Crippen LogP contribution in [0.2, 0.25) is 0 Å². The fourth-order valence-electron chi connectivity index (χ4n) is 10.8. The van der Waals surface area contributed by atoms with E-state index < -0.39 is 0 Å². The van der Waals surface area contributed by atoms with Crippen molar-refractivity contribution in [3.8, 4) is 22.3 Å². The Balaban J connectivity index is 0.000000130. The minimum Gasteiger partial charge on any atom is -0.0616 e. The molecule has 0 nitrogen and oxygen atoms in total. The number of hydrogen-bond acceptors (Lipinski definition) is 0. The van der Waals surface area contributed by atoms with Gasteiger partial charge < -0.3 is 0 Å². The number of rotatable bonds is 2. The molecule has 0 aliphatic carbocycles. The molecule has 0 spiro atoms. The van der Waals surface area contributed by atoms with Gasteiger partial charge in [-0.05, 0) is 164 Å². The first kappa shape index (κ1) is 37.7. The molecule has 14 aromatic carbocycles. The molecule has 0 atom stereocenters. The van der Waals surface area contributed by atoms with Gasteiger partial charge in [0.25, 0.3) is 0 Å². The van der Waals surface area contributed by atoms with Crippen molar-refractivity contribution in [2.45, 2.75) is 0 Å². The van der Waals surface area contributed by atoms with Crippen LogP contribution < -0.4 is 0 Å². The van der Waals surface area contributed by atoms with E-state index in [4.69, 9.17) is 0 Å². The molecule has 0 amide bonds. The highest BCUT2D eigenvalue weighted by atomic mass is 79.9. The molecule has 0 N–H and O–H groups in total. The van der Waals surface area contributed by atoms with E-state index in [-0.39, 0.29) is 0 Å². The van der Waals surface area contributed by atoms with E-state index in [2.05, 4.69) is 253 Å². The number of fused-ring (bicyclic) bond motifs is 16. The van der Waals surface area contributed by atoms with Gasteiger partial charge in [0, 0.05) is 4.47 Å². The molecule has 0 fully saturated rings. The van der Waals surface area contributed by atoms with Gasteiger partial charge in [0.2, 0.25) is 0 Å². The molecule has 0 bridgehead atoms. The summed E-state index contributed by atoms with van der Waals surface area (Å²) in [4.78, 5) is 0. The highest BCUT2D eigenvalue weighted by Gasteiger charge is 2.17. The number of benzene rings is 14. The van der Waals surface area contributed by atoms with Crippen LogP contribution in [0.1, 0.15) is 0 Å². The summed E-state index contributed by atoms with van der Waals surface area (Å²) in [6.07, 6.45) is 0. The van der Waals surface area contributed by atoms with Crippen molar-refractivity contribution in [2.75, 3.05) is 0 Å². The summed E-state index contributed by atoms with van der Waals surface area (Å²) in [6, 6.07) is 86.3. The Labute approximate surface area is 384 Å². The second-order valence-electron chi connectivity index (χ2n) is 17.2. The monoisotopic (exact) mass is 886 g/mol. The predicted molar refractivity (Wildman–Crippen MR) is 287 cm³/mol. The summed E-state index contributed by atoms with van der Waals surface area (Å²) in [5, 5.41) is 25.9. The first-order valence-electron chi connectivity index (χ1n) is 22.4. The zero-order valence-electron chi connectivity index (χ0n) is 35.4. The fraction of sp³-hybridized carbons (Fsp3) is 0. The first-order chi connectivity index (χ1) is 32.2. The van der Waals surface area contributed by atoms with Gasteiger partial charge in [0.05, 0.1) is 0 Å². The van der Waals surface area contributed by atoms with Crippen LogP contribution in [0.5, 0.6) is 0 Å². The molecule has 1 heteroatoms. The third-order valence-electron chi connectivity index (χ3n) is 13.7. The van der Waals surface area contributed by atoms with E-state index >= 15 is 0 Å². The van der Waals surface area contributed by atoms with Crippen molar-refractivity contribution >= 4 is 124 Å². The Hall–Kier alpha value is -7.84. The molecular weight excluding hydrogens is 849 g/mol. The predicted octanol–water partition coefficient (Wildman–Crippen LogP) is 19.0. The topological polar surface area (TPSA) is 0 Å². The van der Waals surface area contributed by atoms with E-state index in [1.54, 1.807) is 0 Å². The van der Waals surface area contributed by atoms with E-state index in [1.165, 1.54) is 130 Å². The van der Waals surface area contributed by atoms with Crippen LogP contribution in [0.3, 0.4) is 0 Å². The van der Waals surface area contributed by atoms with Gasteiger partial charge in [0.1, 0.15) is 0 Å². The Morgan fingerprint density at radius 3 is 0.785 bits per heavy atom. The van der Waals surface area contributed by atoms with Gasteiger partial charge in [-0.15, -0.1) is 0 Å². The Morgan fingerprint density at radius 1 is 0.185 bits per heavy atom. The normalized spacial score (nSPS) is 11.8. The van der Waals surface area contributed by atoms with E-state index in [1.807, 2.05) is 0 Å². The summed E-state index contributed by atoms with van der Waals surface area (Å²) in [5.41, 5.74) is 5.13. The standard InChI is InChI=1S/C32H19Br.C32H20/c33-32-28-15-7-5-13-26(28)31(27-14-6-8-16-29(27)32)20-17-18-25-23-11-2-1-9-21(23)22-10-3-4-12-24(22)30(25)19-20;1-3-11-24-21(9-1)19-22-10-2-4-12-25(22)32(24)23-17-18-30-28-15-6-5-13-26(28)27-14-7-8-16-29(27)31(30)20-23/h1-19H;1-20H. The number of hydrogen-bond donors (Lipinski definition) is 0. The van der Waals surface area contributed by atoms with E-state index in [0.717, 1.165) is 4.47 Å². The largest absolute Gasteiger partial charge is 0.0616 e. The smallest absolute Gasteiger partial charge is 0.0332 e. The van der Waals surface area contributed by atoms with E-state index in [0.29, 0.717) is 0 Å². The maximum absolute atomic E-state index is 3.89. The minimum atomic E-state index is 1.16. The molecule has 0 aliphatic rings. The third-order valence-corrected chi connectivity index (χ3v) is 14.6. The van der Waals surface area contributed by atoms with Crippen LogP contribution in [-0.2, 0) is 0 Å². The molecule has 14 rings (SSSR count). The Morgan fingerprint density at radius 2 is 0.431 bits per heavy atom. The van der Waals surface area contributed by atoms with Crippen molar-refractivity contribution in [2.24, 2.45) is 0 Å². The van der Waals surface area contributed by atoms with Crippen molar-refractivity contribution in [3.05, 3.63) is 241 Å². The van der Waals surface area contributed by atoms with Crippen LogP contribution in [0, 0.1) is 0 Å². The van der Waals surface area contributed by atoms with Crippen molar-refractivity contribution in [1.29, 1.82) is 0 Å². The molecule has 65 heavy (non-hydrogen) atoms. The fourth-order valence-corrected chi connectivity index (χ4v) is 11.5. The molecule has 0 saturated carbocycles. The van der Waals surface area contributed by atoms with Crippen molar-refractivity contribution < 1.29 is 0 Å². The van der Waals surface area contributed by atoms with E-state index in [9.17, 15) is 0 Å². The maximum Gasteiger partial charge on any atom is 0.0332 e. The molecule has 0 aliphatic heterocycles. The first-order valence-corrected chi connectivity index (χ1v) is 23.2. The molecule has 14 aromatic rings. The highest BCUT2D eigenvalue weighted by Crippen LogP contribution is 2.45. The van der Waals surface area contributed by atoms with Crippen LogP contribution in [-0.4, -0.2) is 0 Å². The lowest BCUT2D eigenvalue weighted by Crippen LogP contribution is -1.89. The zero-order valence-corrected chi connectivity index (χ0v) is 37.0. The third kappa shape index (κ3) is 5.97. The lowest BCUT2D eigenvalue weighted by atomic mass is 9.88. The summed E-state index contributed by atoms with van der Waals surface area (Å²) < 4.78 is 1.16. The second-order valence-corrected chi connectivity index (χ2v) is 18.0. The molecule has 0 radical (unpaired) electrons. The number of halogens is 1. The summed E-state index contributed by atoms with van der Waals surface area (Å²) in [6.45, 7) is 0. The SMILES string of the molecule is Brc1c2ccccc2c(-c2ccc3c4ccccc4c4ccccc4c3c2)c2ccccc12.c1ccc2c(-c3ccc4c5ccccc5c5ccccc5c4c3)c3ccccc3cc2c1. The van der Waals surface area contributed by atoms with Crippen molar-refractivity contribution in [3.63, 3.8) is 0 Å². The van der Waals surface area contributed by atoms with Crippen molar-refractivity contribution in [1.82, 2.24) is 0 Å². The molecule has 0 aromatic heterocycles. The van der Waals surface area contributed by atoms with Crippen LogP contribution in [0.15, 0.2) is 241 Å². The Kier molecular flexibility index (Phi) is 8.79. The van der Waals surface area contributed by atoms with Gasteiger partial charge in [-0.1, -0.05) is 218 Å². The van der Waals surface area contributed by atoms with Gasteiger partial charge >= 0.3 is 0 Å². The quantitative estimate of drug-likeness (QED) is 0.120. The Bertz CT molecular complexity index is 4070. The lowest BCUT2D eigenvalue weighted by molar-refractivity contribution is 1.70.